The number of nitrogens with one attached hydrogen (secondary N) is 2. The fourth-order valence-corrected chi connectivity index (χ4v) is 3.83. The fourth-order valence-electron chi connectivity index (χ4n) is 3.83. The molecule has 0 spiro atoms. The highest BCUT2D eigenvalue weighted by molar-refractivity contribution is 6.05. The number of hydrogen-bond donors (Lipinski definition) is 3. The first-order chi connectivity index (χ1) is 18.8. The lowest BCUT2D eigenvalue weighted by Gasteiger charge is -2.17. The number of hydrogen-bond acceptors (Lipinski definition) is 6. The third-order valence-electron chi connectivity index (χ3n) is 5.87. The van der Waals surface area contributed by atoms with Crippen LogP contribution in [0.2, 0.25) is 0 Å². The second-order valence-electron chi connectivity index (χ2n) is 8.51. The molecular weight excluding hydrogens is 504 g/mol. The SMILES string of the molecule is CC.CC#CC(=O)NCCOc1c(N)ncnc1-c1cc(F)cc(NC(=O)c2ccc(C3CC3)cc2F)c1C. The van der Waals surface area contributed by atoms with E-state index in [0.29, 0.717) is 17.0 Å². The summed E-state index contributed by atoms with van der Waals surface area (Å²) in [6.45, 7) is 7.36. The molecule has 1 aliphatic carbocycles. The molecule has 3 aromatic rings. The molecule has 0 aliphatic heterocycles. The Morgan fingerprint density at radius 1 is 1.15 bits per heavy atom. The van der Waals surface area contributed by atoms with Gasteiger partial charge in [0, 0.05) is 11.3 Å². The molecule has 0 saturated heterocycles. The van der Waals surface area contributed by atoms with E-state index in [0.717, 1.165) is 24.5 Å². The largest absolute Gasteiger partial charge is 0.486 e. The predicted molar refractivity (Wildman–Crippen MR) is 146 cm³/mol. The lowest BCUT2D eigenvalue weighted by molar-refractivity contribution is -0.115. The van der Waals surface area contributed by atoms with Gasteiger partial charge in [-0.05, 0) is 73.9 Å². The van der Waals surface area contributed by atoms with Crippen molar-refractivity contribution in [1.29, 1.82) is 0 Å². The molecule has 0 radical (unpaired) electrons. The Balaban J connectivity index is 0.00000205. The summed E-state index contributed by atoms with van der Waals surface area (Å²) in [7, 11) is 0. The highest BCUT2D eigenvalue weighted by Gasteiger charge is 2.25. The Morgan fingerprint density at radius 3 is 2.56 bits per heavy atom. The molecule has 4 N–H and O–H groups in total. The third kappa shape index (κ3) is 7.29. The number of halogens is 2. The molecule has 8 nitrogen and oxygen atoms in total. The van der Waals surface area contributed by atoms with E-state index in [1.807, 2.05) is 13.8 Å². The summed E-state index contributed by atoms with van der Waals surface area (Å²) in [4.78, 5) is 32.5. The highest BCUT2D eigenvalue weighted by atomic mass is 19.1. The van der Waals surface area contributed by atoms with Gasteiger partial charge in [0.1, 0.15) is 30.3 Å². The van der Waals surface area contributed by atoms with Gasteiger partial charge >= 0.3 is 0 Å². The van der Waals surface area contributed by atoms with Gasteiger partial charge in [-0.2, -0.15) is 0 Å². The lowest BCUT2D eigenvalue weighted by atomic mass is 10.0. The summed E-state index contributed by atoms with van der Waals surface area (Å²) in [5, 5.41) is 5.16. The van der Waals surface area contributed by atoms with Crippen molar-refractivity contribution in [3.05, 3.63) is 65.0 Å². The van der Waals surface area contributed by atoms with Crippen LogP contribution in [0, 0.1) is 30.4 Å². The van der Waals surface area contributed by atoms with E-state index in [1.54, 1.807) is 19.9 Å². The van der Waals surface area contributed by atoms with E-state index in [9.17, 15) is 18.4 Å². The normalized spacial score (nSPS) is 11.8. The monoisotopic (exact) mass is 535 g/mol. The van der Waals surface area contributed by atoms with Crippen LogP contribution in [0.4, 0.5) is 20.3 Å². The van der Waals surface area contributed by atoms with Crippen LogP contribution in [-0.4, -0.2) is 34.9 Å². The minimum Gasteiger partial charge on any atom is -0.486 e. The lowest BCUT2D eigenvalue weighted by Crippen LogP contribution is -2.27. The average Bonchev–Trinajstić information content (AvgIpc) is 3.76. The van der Waals surface area contributed by atoms with Crippen LogP contribution in [0.5, 0.6) is 5.75 Å². The molecule has 0 bridgehead atoms. The van der Waals surface area contributed by atoms with Gasteiger partial charge < -0.3 is 21.1 Å². The molecule has 4 rings (SSSR count). The Kier molecular flexibility index (Phi) is 9.92. The zero-order valence-corrected chi connectivity index (χ0v) is 22.3. The molecule has 1 heterocycles. The zero-order valence-electron chi connectivity index (χ0n) is 22.3. The topological polar surface area (TPSA) is 119 Å². The van der Waals surface area contributed by atoms with Crippen molar-refractivity contribution in [2.75, 3.05) is 24.2 Å². The number of carbonyl (C=O) groups is 2. The van der Waals surface area contributed by atoms with Crippen LogP contribution in [-0.2, 0) is 4.79 Å². The van der Waals surface area contributed by atoms with E-state index in [1.165, 1.54) is 24.5 Å². The van der Waals surface area contributed by atoms with Gasteiger partial charge in [0.25, 0.3) is 11.8 Å². The van der Waals surface area contributed by atoms with Crippen LogP contribution in [0.25, 0.3) is 11.3 Å². The second-order valence-corrected chi connectivity index (χ2v) is 8.51. The number of nitrogen functional groups attached to an aromatic ring is 1. The maximum Gasteiger partial charge on any atom is 0.295 e. The maximum atomic E-state index is 14.7. The molecule has 2 aromatic carbocycles. The summed E-state index contributed by atoms with van der Waals surface area (Å²) < 4.78 is 35.0. The maximum absolute atomic E-state index is 14.7. The van der Waals surface area contributed by atoms with Crippen molar-refractivity contribution in [2.45, 2.75) is 46.5 Å². The molecule has 2 amide bonds. The molecule has 1 saturated carbocycles. The Bertz CT molecular complexity index is 1430. The fraction of sp³-hybridized carbons (Fsp3) is 0.310. The first-order valence-corrected chi connectivity index (χ1v) is 12.6. The van der Waals surface area contributed by atoms with E-state index >= 15 is 0 Å². The van der Waals surface area contributed by atoms with Crippen molar-refractivity contribution in [3.8, 4) is 28.8 Å². The summed E-state index contributed by atoms with van der Waals surface area (Å²) >= 11 is 0. The number of amides is 2. The van der Waals surface area contributed by atoms with Crippen LogP contribution in [0.3, 0.4) is 0 Å². The van der Waals surface area contributed by atoms with Gasteiger partial charge in [-0.3, -0.25) is 9.59 Å². The highest BCUT2D eigenvalue weighted by Crippen LogP contribution is 2.40. The molecule has 1 aromatic heterocycles. The minimum atomic E-state index is -0.705. The van der Waals surface area contributed by atoms with Crippen molar-refractivity contribution < 1.29 is 23.1 Å². The van der Waals surface area contributed by atoms with Crippen LogP contribution in [0.1, 0.15) is 61.0 Å². The summed E-state index contributed by atoms with van der Waals surface area (Å²) in [6.07, 6.45) is 3.23. The summed E-state index contributed by atoms with van der Waals surface area (Å²) in [5.74, 6) is 2.83. The molecule has 10 heteroatoms. The molecule has 0 atom stereocenters. The molecule has 39 heavy (non-hydrogen) atoms. The standard InChI is InChI=1S/C27H25F2N5O3.C2H6/c1-3-4-23(35)31-9-10-37-25-24(32-14-33-26(25)30)20-12-18(28)13-22(15(20)2)34-27(36)19-8-7-17(11-21(19)29)16-5-6-16;1-2/h7-8,11-14,16H,5-6,9-10H2,1-2H3,(H,31,35)(H,34,36)(H2,30,32,33);1-2H3. The van der Waals surface area contributed by atoms with Gasteiger partial charge in [0.15, 0.2) is 11.6 Å². The van der Waals surface area contributed by atoms with Gasteiger partial charge in [-0.1, -0.05) is 25.8 Å². The summed E-state index contributed by atoms with van der Waals surface area (Å²) in [5.41, 5.74) is 7.81. The number of rotatable bonds is 8. The van der Waals surface area contributed by atoms with Crippen molar-refractivity contribution in [3.63, 3.8) is 0 Å². The number of nitrogens with two attached hydrogens (primary N) is 1. The van der Waals surface area contributed by atoms with Crippen LogP contribution in [0.15, 0.2) is 36.7 Å². The van der Waals surface area contributed by atoms with Crippen LogP contribution < -0.4 is 21.1 Å². The number of aromatic nitrogens is 2. The molecule has 1 aliphatic rings. The zero-order chi connectivity index (χ0) is 28.5. The molecular formula is C29H31F2N5O3. The van der Waals surface area contributed by atoms with Crippen molar-refractivity contribution in [1.82, 2.24) is 15.3 Å². The van der Waals surface area contributed by atoms with E-state index in [2.05, 4.69) is 32.4 Å². The Morgan fingerprint density at radius 2 is 1.90 bits per heavy atom. The Hall–Kier alpha value is -4.52. The molecule has 1 fully saturated rings. The number of benzene rings is 2. The molecule has 0 unspecified atom stereocenters. The minimum absolute atomic E-state index is 0.0109. The first-order valence-electron chi connectivity index (χ1n) is 12.6. The third-order valence-corrected chi connectivity index (χ3v) is 5.87. The molecule has 204 valence electrons. The van der Waals surface area contributed by atoms with E-state index < -0.39 is 23.4 Å². The Labute approximate surface area is 226 Å². The predicted octanol–water partition coefficient (Wildman–Crippen LogP) is 4.99. The average molecular weight is 536 g/mol. The first kappa shape index (κ1) is 29.0. The van der Waals surface area contributed by atoms with Crippen molar-refractivity contribution >= 4 is 23.3 Å². The smallest absolute Gasteiger partial charge is 0.295 e. The number of nitrogens with zero attached hydrogens (tertiary/aromatic N) is 2. The summed E-state index contributed by atoms with van der Waals surface area (Å²) in [6, 6.07) is 6.92. The van der Waals surface area contributed by atoms with Gasteiger partial charge in [0.2, 0.25) is 0 Å². The second kappa shape index (κ2) is 13.3. The van der Waals surface area contributed by atoms with E-state index in [-0.39, 0.29) is 41.7 Å². The van der Waals surface area contributed by atoms with Gasteiger partial charge in [0.05, 0.1) is 12.1 Å². The van der Waals surface area contributed by atoms with Gasteiger partial charge in [-0.25, -0.2) is 18.7 Å². The number of ether oxygens (including phenoxy) is 1. The number of carbonyl (C=O) groups excluding carboxylic acids is 2. The quantitative estimate of drug-likeness (QED) is 0.276. The van der Waals surface area contributed by atoms with Gasteiger partial charge in [-0.15, -0.1) is 0 Å². The van der Waals surface area contributed by atoms with E-state index in [4.69, 9.17) is 10.5 Å². The van der Waals surface area contributed by atoms with Crippen LogP contribution >= 0.6 is 0 Å². The number of anilines is 2. The van der Waals surface area contributed by atoms with Crippen molar-refractivity contribution in [2.24, 2.45) is 0 Å².